The minimum Gasteiger partial charge on any atom is -0.337 e. The van der Waals surface area contributed by atoms with Crippen molar-refractivity contribution >= 4 is 21.6 Å². The van der Waals surface area contributed by atoms with E-state index in [1.807, 2.05) is 30.3 Å². The van der Waals surface area contributed by atoms with Crippen LogP contribution in [0.4, 0.5) is 10.1 Å². The fourth-order valence-corrected chi connectivity index (χ4v) is 4.20. The van der Waals surface area contributed by atoms with Gasteiger partial charge in [0.2, 0.25) is 27.6 Å². The first-order valence-electron chi connectivity index (χ1n) is 9.05. The van der Waals surface area contributed by atoms with Gasteiger partial charge >= 0.3 is 0 Å². The number of para-hydroxylation sites is 1. The Morgan fingerprint density at radius 3 is 2.40 bits per heavy atom. The van der Waals surface area contributed by atoms with Gasteiger partial charge in [0.25, 0.3) is 0 Å². The van der Waals surface area contributed by atoms with Crippen LogP contribution in [0, 0.1) is 5.82 Å². The van der Waals surface area contributed by atoms with Crippen LogP contribution in [0.15, 0.2) is 59.1 Å². The number of benzene rings is 2. The van der Waals surface area contributed by atoms with Gasteiger partial charge in [-0.15, -0.1) is 0 Å². The van der Waals surface area contributed by atoms with Crippen LogP contribution in [-0.2, 0) is 21.4 Å². The Morgan fingerprint density at radius 2 is 1.77 bits per heavy atom. The van der Waals surface area contributed by atoms with Crippen molar-refractivity contribution in [3.05, 3.63) is 66.3 Å². The zero-order chi connectivity index (χ0) is 21.9. The van der Waals surface area contributed by atoms with Crippen molar-refractivity contribution in [3.63, 3.8) is 0 Å². The number of carbonyl (C=O) groups excluding carboxylic acids is 1. The Hall–Kier alpha value is -3.27. The second-order valence-corrected chi connectivity index (χ2v) is 8.62. The molecular formula is C20H21FN4O4S. The lowest BCUT2D eigenvalue weighted by Crippen LogP contribution is -2.48. The maximum Gasteiger partial charge on any atom is 0.246 e. The number of halogens is 1. The van der Waals surface area contributed by atoms with Crippen molar-refractivity contribution in [1.29, 1.82) is 0 Å². The molecule has 0 bridgehead atoms. The van der Waals surface area contributed by atoms with Gasteiger partial charge in [0, 0.05) is 12.6 Å². The lowest BCUT2D eigenvalue weighted by molar-refractivity contribution is -0.131. The third kappa shape index (κ3) is 4.65. The molecule has 2 aromatic carbocycles. The third-order valence-electron chi connectivity index (χ3n) is 4.41. The summed E-state index contributed by atoms with van der Waals surface area (Å²) in [5.74, 6) is -0.727. The van der Waals surface area contributed by atoms with E-state index in [1.165, 1.54) is 37.1 Å². The number of amides is 1. The van der Waals surface area contributed by atoms with Gasteiger partial charge in [-0.25, -0.2) is 12.8 Å². The van der Waals surface area contributed by atoms with Crippen molar-refractivity contribution < 1.29 is 22.1 Å². The third-order valence-corrected chi connectivity index (χ3v) is 5.63. The Balaban J connectivity index is 1.79. The number of likely N-dealkylation sites (N-methyl/N-ethyl adjacent to an activating group) is 1. The van der Waals surface area contributed by atoms with E-state index in [4.69, 9.17) is 4.52 Å². The molecule has 0 saturated carbocycles. The van der Waals surface area contributed by atoms with Crippen molar-refractivity contribution in [2.24, 2.45) is 0 Å². The number of anilines is 1. The van der Waals surface area contributed by atoms with E-state index in [-0.39, 0.29) is 18.1 Å². The molecule has 0 unspecified atom stereocenters. The molecule has 0 saturated heterocycles. The van der Waals surface area contributed by atoms with Crippen LogP contribution >= 0.6 is 0 Å². The summed E-state index contributed by atoms with van der Waals surface area (Å²) in [6.07, 6.45) is 0.924. The molecule has 0 aliphatic carbocycles. The molecule has 30 heavy (non-hydrogen) atoms. The zero-order valence-corrected chi connectivity index (χ0v) is 17.5. The van der Waals surface area contributed by atoms with Gasteiger partial charge < -0.3 is 9.42 Å². The summed E-state index contributed by atoms with van der Waals surface area (Å²) in [5.41, 5.74) is 0.566. The van der Waals surface area contributed by atoms with E-state index in [9.17, 15) is 17.6 Å². The summed E-state index contributed by atoms with van der Waals surface area (Å²) < 4.78 is 44.9. The normalized spacial score (nSPS) is 12.4. The quantitative estimate of drug-likeness (QED) is 0.570. The molecule has 0 aliphatic rings. The molecule has 0 radical (unpaired) electrons. The SMILES string of the molecule is C[C@H](C(=O)N(C)Cc1nc(-c2ccccc2)no1)N(c1ccccc1F)S(C)(=O)=O. The Bertz CT molecular complexity index is 1130. The number of sulfonamides is 1. The van der Waals surface area contributed by atoms with Gasteiger partial charge in [0.1, 0.15) is 11.9 Å². The number of nitrogens with zero attached hydrogens (tertiary/aromatic N) is 4. The minimum absolute atomic E-state index is 0.0299. The van der Waals surface area contributed by atoms with Gasteiger partial charge in [-0.1, -0.05) is 47.6 Å². The van der Waals surface area contributed by atoms with E-state index < -0.39 is 27.8 Å². The van der Waals surface area contributed by atoms with E-state index in [0.29, 0.717) is 5.82 Å². The molecule has 0 spiro atoms. The van der Waals surface area contributed by atoms with Crippen LogP contribution in [-0.4, -0.2) is 48.7 Å². The average molecular weight is 432 g/mol. The topological polar surface area (TPSA) is 96.6 Å². The highest BCUT2D eigenvalue weighted by molar-refractivity contribution is 7.92. The van der Waals surface area contributed by atoms with E-state index in [2.05, 4.69) is 10.1 Å². The van der Waals surface area contributed by atoms with Gasteiger partial charge in [-0.2, -0.15) is 4.98 Å². The molecule has 158 valence electrons. The molecule has 3 aromatic rings. The van der Waals surface area contributed by atoms with Crippen molar-refractivity contribution in [2.75, 3.05) is 17.6 Å². The molecule has 8 nitrogen and oxygen atoms in total. The lowest BCUT2D eigenvalue weighted by Gasteiger charge is -2.30. The van der Waals surface area contributed by atoms with Crippen molar-refractivity contribution in [2.45, 2.75) is 19.5 Å². The highest BCUT2D eigenvalue weighted by Crippen LogP contribution is 2.25. The largest absolute Gasteiger partial charge is 0.337 e. The number of rotatable bonds is 7. The molecule has 10 heteroatoms. The van der Waals surface area contributed by atoms with E-state index in [1.54, 1.807) is 0 Å². The second kappa shape index (κ2) is 8.62. The van der Waals surface area contributed by atoms with Crippen LogP contribution < -0.4 is 4.31 Å². The predicted octanol–water partition coefficient (Wildman–Crippen LogP) is 2.69. The fraction of sp³-hybridized carbons (Fsp3) is 0.250. The summed E-state index contributed by atoms with van der Waals surface area (Å²) in [5, 5.41) is 3.90. The second-order valence-electron chi connectivity index (χ2n) is 6.76. The van der Waals surface area contributed by atoms with Gasteiger partial charge in [0.05, 0.1) is 18.5 Å². The summed E-state index contributed by atoms with van der Waals surface area (Å²) in [7, 11) is -2.45. The molecule has 1 heterocycles. The predicted molar refractivity (Wildman–Crippen MR) is 109 cm³/mol. The monoisotopic (exact) mass is 432 g/mol. The van der Waals surface area contributed by atoms with Crippen LogP contribution in [0.2, 0.25) is 0 Å². The lowest BCUT2D eigenvalue weighted by atomic mass is 10.2. The number of aromatic nitrogens is 2. The molecule has 0 aliphatic heterocycles. The average Bonchev–Trinajstić information content (AvgIpc) is 3.17. The highest BCUT2D eigenvalue weighted by Gasteiger charge is 2.33. The first kappa shape index (κ1) is 21.4. The highest BCUT2D eigenvalue weighted by atomic mass is 32.2. The van der Waals surface area contributed by atoms with Gasteiger partial charge in [0.15, 0.2) is 0 Å². The summed E-state index contributed by atoms with van der Waals surface area (Å²) >= 11 is 0. The smallest absolute Gasteiger partial charge is 0.246 e. The Labute approximate surface area is 174 Å². The summed E-state index contributed by atoms with van der Waals surface area (Å²) in [4.78, 5) is 18.4. The maximum absolute atomic E-state index is 14.2. The van der Waals surface area contributed by atoms with Crippen LogP contribution in [0.25, 0.3) is 11.4 Å². The van der Waals surface area contributed by atoms with Gasteiger partial charge in [-0.3, -0.25) is 9.10 Å². The van der Waals surface area contributed by atoms with Crippen LogP contribution in [0.3, 0.4) is 0 Å². The number of hydrogen-bond acceptors (Lipinski definition) is 6. The first-order valence-corrected chi connectivity index (χ1v) is 10.9. The molecule has 0 fully saturated rings. The standard InChI is InChI=1S/C20H21FN4O4S/c1-14(25(30(3,27)28)17-12-8-7-11-16(17)21)20(26)24(2)13-18-22-19(23-29-18)15-9-5-4-6-10-15/h4-12,14H,13H2,1-3H3/t14-/m1/s1. The van der Waals surface area contributed by atoms with E-state index >= 15 is 0 Å². The van der Waals surface area contributed by atoms with Crippen molar-refractivity contribution in [1.82, 2.24) is 15.0 Å². The summed E-state index contributed by atoms with van der Waals surface area (Å²) in [6, 6.07) is 13.4. The molecule has 3 rings (SSSR count). The number of hydrogen-bond donors (Lipinski definition) is 0. The zero-order valence-electron chi connectivity index (χ0n) is 16.7. The fourth-order valence-electron chi connectivity index (χ4n) is 3.03. The molecular weight excluding hydrogens is 411 g/mol. The molecule has 0 N–H and O–H groups in total. The van der Waals surface area contributed by atoms with Crippen LogP contribution in [0.5, 0.6) is 0 Å². The molecule has 1 amide bonds. The van der Waals surface area contributed by atoms with E-state index in [0.717, 1.165) is 22.2 Å². The van der Waals surface area contributed by atoms with Crippen molar-refractivity contribution in [3.8, 4) is 11.4 Å². The van der Waals surface area contributed by atoms with Crippen LogP contribution in [0.1, 0.15) is 12.8 Å². The molecule has 1 aromatic heterocycles. The molecule has 1 atom stereocenters. The Kier molecular flexibility index (Phi) is 6.16. The van der Waals surface area contributed by atoms with Gasteiger partial charge in [-0.05, 0) is 19.1 Å². The minimum atomic E-state index is -3.93. The maximum atomic E-state index is 14.2. The Morgan fingerprint density at radius 1 is 1.13 bits per heavy atom. The summed E-state index contributed by atoms with van der Waals surface area (Å²) in [6.45, 7) is 1.37. The number of carbonyl (C=O) groups is 1. The first-order chi connectivity index (χ1) is 14.2.